The van der Waals surface area contributed by atoms with Gasteiger partial charge in [0.05, 0.1) is 22.7 Å². The first-order valence-electron chi connectivity index (χ1n) is 9.27. The fourth-order valence-corrected chi connectivity index (χ4v) is 4.46. The summed E-state index contributed by atoms with van der Waals surface area (Å²) in [6.07, 6.45) is 4.33. The summed E-state index contributed by atoms with van der Waals surface area (Å²) in [5.41, 5.74) is 6.62. The molecule has 146 valence electrons. The minimum absolute atomic E-state index is 0.167. The summed E-state index contributed by atoms with van der Waals surface area (Å²) in [5.74, 6) is -0.332. The van der Waals surface area contributed by atoms with Crippen molar-refractivity contribution in [2.75, 3.05) is 5.73 Å². The van der Waals surface area contributed by atoms with Crippen molar-refractivity contribution in [3.8, 4) is 21.8 Å². The number of rotatable bonds is 4. The highest BCUT2D eigenvalue weighted by Gasteiger charge is 2.30. The lowest BCUT2D eigenvalue weighted by Crippen LogP contribution is -2.40. The van der Waals surface area contributed by atoms with Crippen molar-refractivity contribution in [2.24, 2.45) is 0 Å². The number of hydrogen-bond acceptors (Lipinski definition) is 6. The molecule has 0 spiro atoms. The van der Waals surface area contributed by atoms with Crippen molar-refractivity contribution in [3.05, 3.63) is 52.6 Å². The van der Waals surface area contributed by atoms with E-state index in [9.17, 15) is 14.3 Å². The lowest BCUT2D eigenvalue weighted by atomic mass is 9.85. The first kappa shape index (κ1) is 18.8. The van der Waals surface area contributed by atoms with Gasteiger partial charge in [-0.15, -0.1) is 0 Å². The third-order valence-electron chi connectivity index (χ3n) is 5.09. The number of benzene rings is 1. The molecule has 1 fully saturated rings. The zero-order chi connectivity index (χ0) is 19.7. The van der Waals surface area contributed by atoms with E-state index in [2.05, 4.69) is 10.1 Å². The minimum Gasteiger partial charge on any atom is -0.388 e. The van der Waals surface area contributed by atoms with Gasteiger partial charge >= 0.3 is 0 Å². The fourth-order valence-electron chi connectivity index (χ4n) is 3.64. The van der Waals surface area contributed by atoms with Crippen molar-refractivity contribution in [2.45, 2.75) is 44.2 Å². The molecule has 28 heavy (non-hydrogen) atoms. The zero-order valence-corrected chi connectivity index (χ0v) is 16.1. The van der Waals surface area contributed by atoms with Crippen LogP contribution in [0.25, 0.3) is 21.8 Å². The van der Waals surface area contributed by atoms with E-state index in [1.807, 2.05) is 0 Å². The van der Waals surface area contributed by atoms with E-state index < -0.39 is 5.60 Å². The first-order valence-corrected chi connectivity index (χ1v) is 10.1. The molecule has 4 rings (SSSR count). The molecule has 0 radical (unpaired) electrons. The Bertz CT molecular complexity index is 1040. The lowest BCUT2D eigenvalue weighted by Gasteiger charge is -2.31. The molecule has 3 N–H and O–H groups in total. The maximum absolute atomic E-state index is 13.3. The molecule has 6 nitrogen and oxygen atoms in total. The van der Waals surface area contributed by atoms with Crippen LogP contribution in [0.4, 0.5) is 9.52 Å². The maximum Gasteiger partial charge on any atom is 0.266 e. The quantitative estimate of drug-likeness (QED) is 0.700. The van der Waals surface area contributed by atoms with E-state index >= 15 is 0 Å². The molecular weight excluding hydrogens is 379 g/mol. The number of nitrogens with two attached hydrogens (primary N) is 1. The molecule has 0 amide bonds. The molecule has 2 aromatic heterocycles. The van der Waals surface area contributed by atoms with Gasteiger partial charge in [-0.25, -0.2) is 14.1 Å². The Hall–Kier alpha value is -2.58. The monoisotopic (exact) mass is 400 g/mol. The highest BCUT2D eigenvalue weighted by Crippen LogP contribution is 2.37. The molecule has 0 aliphatic heterocycles. The number of aromatic nitrogens is 3. The number of halogens is 1. The third kappa shape index (κ3) is 3.83. The average Bonchev–Trinajstić information content (AvgIpc) is 3.06. The van der Waals surface area contributed by atoms with Gasteiger partial charge in [0.1, 0.15) is 11.5 Å². The number of thiazole rings is 1. The summed E-state index contributed by atoms with van der Waals surface area (Å²) in [6, 6.07) is 9.06. The fraction of sp³-hybridized carbons (Fsp3) is 0.350. The third-order valence-corrected chi connectivity index (χ3v) is 6.00. The number of aliphatic hydroxyl groups is 1. The Balaban J connectivity index is 1.72. The van der Waals surface area contributed by atoms with Crippen LogP contribution in [0.3, 0.4) is 0 Å². The van der Waals surface area contributed by atoms with Gasteiger partial charge in [-0.2, -0.15) is 5.10 Å². The summed E-state index contributed by atoms with van der Waals surface area (Å²) >= 11 is 1.26. The van der Waals surface area contributed by atoms with E-state index in [0.29, 0.717) is 34.2 Å². The summed E-state index contributed by atoms with van der Waals surface area (Å²) < 4.78 is 14.6. The summed E-state index contributed by atoms with van der Waals surface area (Å²) in [4.78, 5) is 17.4. The highest BCUT2D eigenvalue weighted by molar-refractivity contribution is 7.19. The molecule has 1 aliphatic carbocycles. The van der Waals surface area contributed by atoms with Gasteiger partial charge in [0, 0.05) is 11.6 Å². The summed E-state index contributed by atoms with van der Waals surface area (Å²) in [6.45, 7) is 0.167. The normalized spacial score (nSPS) is 16.2. The Morgan fingerprint density at radius 2 is 1.86 bits per heavy atom. The smallest absolute Gasteiger partial charge is 0.266 e. The van der Waals surface area contributed by atoms with Crippen LogP contribution in [0.15, 0.2) is 41.2 Å². The van der Waals surface area contributed by atoms with Crippen molar-refractivity contribution < 1.29 is 9.50 Å². The zero-order valence-electron chi connectivity index (χ0n) is 15.3. The SMILES string of the molecule is Nc1nc(-c2ccc(F)cc2)c(-c2ccc(=O)n(CC3(O)CCCCC3)n2)s1. The Kier molecular flexibility index (Phi) is 4.99. The predicted octanol–water partition coefficient (Wildman–Crippen LogP) is 3.45. The van der Waals surface area contributed by atoms with E-state index in [-0.39, 0.29) is 17.9 Å². The molecule has 1 saturated carbocycles. The second-order valence-electron chi connectivity index (χ2n) is 7.24. The topological polar surface area (TPSA) is 94.0 Å². The molecule has 3 aromatic rings. The van der Waals surface area contributed by atoms with Crippen LogP contribution in [-0.2, 0) is 6.54 Å². The number of nitrogens with zero attached hydrogens (tertiary/aromatic N) is 3. The van der Waals surface area contributed by atoms with Crippen molar-refractivity contribution >= 4 is 16.5 Å². The lowest BCUT2D eigenvalue weighted by molar-refractivity contribution is -0.0153. The van der Waals surface area contributed by atoms with Gasteiger partial charge < -0.3 is 10.8 Å². The van der Waals surface area contributed by atoms with Crippen LogP contribution in [0.5, 0.6) is 0 Å². The molecule has 0 unspecified atom stereocenters. The number of anilines is 1. The van der Waals surface area contributed by atoms with Crippen LogP contribution >= 0.6 is 11.3 Å². The van der Waals surface area contributed by atoms with Gasteiger partial charge in [0.15, 0.2) is 5.13 Å². The summed E-state index contributed by atoms with van der Waals surface area (Å²) in [7, 11) is 0. The largest absolute Gasteiger partial charge is 0.388 e. The van der Waals surface area contributed by atoms with E-state index in [4.69, 9.17) is 5.73 Å². The van der Waals surface area contributed by atoms with Crippen LogP contribution in [0.1, 0.15) is 32.1 Å². The van der Waals surface area contributed by atoms with E-state index in [1.54, 1.807) is 18.2 Å². The summed E-state index contributed by atoms with van der Waals surface area (Å²) in [5, 5.41) is 15.7. The minimum atomic E-state index is -0.903. The second kappa shape index (κ2) is 7.44. The maximum atomic E-state index is 13.3. The standard InChI is InChI=1S/C20H21FN4O2S/c21-14-6-4-13(5-7-14)17-18(28-19(22)23-17)15-8-9-16(26)25(24-15)12-20(27)10-2-1-3-11-20/h4-9,27H,1-3,10-12H2,(H2,22,23). The molecule has 0 atom stereocenters. The van der Waals surface area contributed by atoms with Crippen LogP contribution in [0.2, 0.25) is 0 Å². The van der Waals surface area contributed by atoms with Gasteiger partial charge in [0.2, 0.25) is 0 Å². The predicted molar refractivity (Wildman–Crippen MR) is 107 cm³/mol. The van der Waals surface area contributed by atoms with Gasteiger partial charge in [-0.1, -0.05) is 30.6 Å². The molecule has 8 heteroatoms. The van der Waals surface area contributed by atoms with Crippen LogP contribution in [0, 0.1) is 5.82 Å². The molecule has 1 aromatic carbocycles. The molecular formula is C20H21FN4O2S. The second-order valence-corrected chi connectivity index (χ2v) is 8.27. The van der Waals surface area contributed by atoms with Crippen molar-refractivity contribution in [1.29, 1.82) is 0 Å². The number of nitrogen functional groups attached to an aromatic ring is 1. The van der Waals surface area contributed by atoms with Crippen molar-refractivity contribution in [3.63, 3.8) is 0 Å². The Morgan fingerprint density at radius 1 is 1.14 bits per heavy atom. The highest BCUT2D eigenvalue weighted by atomic mass is 32.1. The van der Waals surface area contributed by atoms with E-state index in [0.717, 1.165) is 24.8 Å². The van der Waals surface area contributed by atoms with E-state index in [1.165, 1.54) is 34.2 Å². The number of hydrogen-bond donors (Lipinski definition) is 2. The Morgan fingerprint density at radius 3 is 2.57 bits per heavy atom. The van der Waals surface area contributed by atoms with Crippen LogP contribution < -0.4 is 11.3 Å². The van der Waals surface area contributed by atoms with Gasteiger partial charge in [0.25, 0.3) is 5.56 Å². The van der Waals surface area contributed by atoms with Gasteiger partial charge in [-0.3, -0.25) is 4.79 Å². The molecule has 0 bridgehead atoms. The first-order chi connectivity index (χ1) is 13.4. The van der Waals surface area contributed by atoms with Crippen molar-refractivity contribution in [1.82, 2.24) is 14.8 Å². The van der Waals surface area contributed by atoms with Crippen LogP contribution in [-0.4, -0.2) is 25.5 Å². The molecule has 2 heterocycles. The average molecular weight is 400 g/mol. The molecule has 1 aliphatic rings. The molecule has 0 saturated heterocycles. The van der Waals surface area contributed by atoms with Gasteiger partial charge in [-0.05, 0) is 43.2 Å². The Labute approximate surface area is 165 Å².